The van der Waals surface area contributed by atoms with Crippen molar-refractivity contribution in [3.8, 4) is 0 Å². The highest BCUT2D eigenvalue weighted by Crippen LogP contribution is 2.30. The number of nitro benzene ring substituents is 1. The summed E-state index contributed by atoms with van der Waals surface area (Å²) in [7, 11) is 0. The van der Waals surface area contributed by atoms with E-state index in [4.69, 9.17) is 4.74 Å². The Morgan fingerprint density at radius 1 is 1.63 bits per heavy atom. The van der Waals surface area contributed by atoms with Crippen LogP contribution in [0.5, 0.6) is 0 Å². The Labute approximate surface area is 117 Å². The van der Waals surface area contributed by atoms with Gasteiger partial charge in [0.25, 0.3) is 5.69 Å². The summed E-state index contributed by atoms with van der Waals surface area (Å²) < 4.78 is 19.0. The van der Waals surface area contributed by atoms with Crippen LogP contribution in [-0.4, -0.2) is 37.3 Å². The number of benzene rings is 1. The molecule has 0 saturated carbocycles. The molecule has 0 amide bonds. The Morgan fingerprint density at radius 3 is 3.05 bits per heavy atom. The topological polar surface area (TPSA) is 76.4 Å². The zero-order valence-corrected chi connectivity index (χ0v) is 11.6. The van der Waals surface area contributed by atoms with Crippen LogP contribution in [-0.2, 0) is 4.74 Å². The van der Waals surface area contributed by atoms with Crippen molar-refractivity contribution in [3.63, 3.8) is 0 Å². The van der Waals surface area contributed by atoms with Gasteiger partial charge in [0.15, 0.2) is 0 Å². The highest BCUT2D eigenvalue weighted by molar-refractivity contribution is 9.10. The molecule has 104 valence electrons. The van der Waals surface area contributed by atoms with Gasteiger partial charge in [0.05, 0.1) is 28.2 Å². The van der Waals surface area contributed by atoms with Crippen molar-refractivity contribution in [2.24, 2.45) is 0 Å². The van der Waals surface area contributed by atoms with Gasteiger partial charge in [-0.2, -0.15) is 0 Å². The second-order valence-corrected chi connectivity index (χ2v) is 4.97. The van der Waals surface area contributed by atoms with Crippen molar-refractivity contribution in [3.05, 3.63) is 32.5 Å². The average molecular weight is 334 g/mol. The number of morpholine rings is 1. The van der Waals surface area contributed by atoms with E-state index in [-0.39, 0.29) is 22.0 Å². The molecule has 1 unspecified atom stereocenters. The number of halogens is 2. The molecule has 0 aliphatic carbocycles. The van der Waals surface area contributed by atoms with E-state index in [0.29, 0.717) is 19.7 Å². The fourth-order valence-corrected chi connectivity index (χ4v) is 2.15. The molecule has 2 N–H and O–H groups in total. The number of hydrogen-bond acceptors (Lipinski definition) is 5. The first-order valence-corrected chi connectivity index (χ1v) is 6.57. The first kappa shape index (κ1) is 14.2. The van der Waals surface area contributed by atoms with Crippen molar-refractivity contribution < 1.29 is 14.1 Å². The SMILES string of the molecule is O=[N+]([O-])c1cc(F)c(Br)cc1NCC1CNCCO1. The molecule has 0 aromatic heterocycles. The molecule has 1 aliphatic rings. The Hall–Kier alpha value is -1.25. The van der Waals surface area contributed by atoms with E-state index in [0.717, 1.165) is 12.6 Å². The molecule has 6 nitrogen and oxygen atoms in total. The molecule has 1 atom stereocenters. The lowest BCUT2D eigenvalue weighted by molar-refractivity contribution is -0.384. The predicted molar refractivity (Wildman–Crippen MR) is 71.9 cm³/mol. The maximum Gasteiger partial charge on any atom is 0.295 e. The molecule has 1 aliphatic heterocycles. The second-order valence-electron chi connectivity index (χ2n) is 4.12. The molecule has 0 bridgehead atoms. The van der Waals surface area contributed by atoms with Gasteiger partial charge >= 0.3 is 0 Å². The second kappa shape index (κ2) is 6.27. The molecule has 1 aromatic carbocycles. The molecule has 0 radical (unpaired) electrons. The largest absolute Gasteiger partial charge is 0.377 e. The van der Waals surface area contributed by atoms with E-state index in [1.807, 2.05) is 0 Å². The fraction of sp³-hybridized carbons (Fsp3) is 0.455. The smallest absolute Gasteiger partial charge is 0.295 e. The average Bonchev–Trinajstić information content (AvgIpc) is 2.40. The van der Waals surface area contributed by atoms with Gasteiger partial charge in [0.1, 0.15) is 11.5 Å². The van der Waals surface area contributed by atoms with Gasteiger partial charge in [-0.3, -0.25) is 10.1 Å². The normalized spacial score (nSPS) is 19.2. The van der Waals surface area contributed by atoms with Crippen LogP contribution in [0.1, 0.15) is 0 Å². The number of hydrogen-bond donors (Lipinski definition) is 2. The maximum atomic E-state index is 13.3. The van der Waals surface area contributed by atoms with E-state index < -0.39 is 10.7 Å². The third-order valence-electron chi connectivity index (χ3n) is 2.76. The highest BCUT2D eigenvalue weighted by atomic mass is 79.9. The summed E-state index contributed by atoms with van der Waals surface area (Å²) in [4.78, 5) is 10.3. The van der Waals surface area contributed by atoms with Gasteiger partial charge in [-0.05, 0) is 22.0 Å². The van der Waals surface area contributed by atoms with Crippen LogP contribution in [0.4, 0.5) is 15.8 Å². The molecular formula is C11H13BrFN3O3. The molecule has 0 spiro atoms. The maximum absolute atomic E-state index is 13.3. The number of nitrogens with zero attached hydrogens (tertiary/aromatic N) is 1. The van der Waals surface area contributed by atoms with Gasteiger partial charge < -0.3 is 15.4 Å². The molecule has 1 aromatic rings. The molecule has 1 heterocycles. The van der Waals surface area contributed by atoms with Crippen LogP contribution < -0.4 is 10.6 Å². The third kappa shape index (κ3) is 3.62. The monoisotopic (exact) mass is 333 g/mol. The lowest BCUT2D eigenvalue weighted by atomic mass is 10.2. The Morgan fingerprint density at radius 2 is 2.42 bits per heavy atom. The van der Waals surface area contributed by atoms with Crippen molar-refractivity contribution in [2.45, 2.75) is 6.10 Å². The van der Waals surface area contributed by atoms with E-state index in [2.05, 4.69) is 26.6 Å². The standard InChI is InChI=1S/C11H13BrFN3O3/c12-8-3-10(11(16(17)18)4-9(8)13)15-6-7-5-14-1-2-19-7/h3-4,7,14-15H,1-2,5-6H2. The molecule has 1 saturated heterocycles. The van der Waals surface area contributed by atoms with Gasteiger partial charge in [0.2, 0.25) is 0 Å². The van der Waals surface area contributed by atoms with Gasteiger partial charge in [-0.15, -0.1) is 0 Å². The van der Waals surface area contributed by atoms with Crippen LogP contribution in [0.3, 0.4) is 0 Å². The Kier molecular flexibility index (Phi) is 4.67. The number of rotatable bonds is 4. The van der Waals surface area contributed by atoms with Crippen LogP contribution in [0.15, 0.2) is 16.6 Å². The van der Waals surface area contributed by atoms with Crippen LogP contribution in [0.25, 0.3) is 0 Å². The highest BCUT2D eigenvalue weighted by Gasteiger charge is 2.19. The van der Waals surface area contributed by atoms with Crippen molar-refractivity contribution in [1.82, 2.24) is 5.32 Å². The minimum Gasteiger partial charge on any atom is -0.377 e. The molecule has 1 fully saturated rings. The van der Waals surface area contributed by atoms with Gasteiger partial charge in [0, 0.05) is 19.6 Å². The van der Waals surface area contributed by atoms with E-state index >= 15 is 0 Å². The molecule has 8 heteroatoms. The summed E-state index contributed by atoms with van der Waals surface area (Å²) in [6, 6.07) is 2.26. The summed E-state index contributed by atoms with van der Waals surface area (Å²) in [6.07, 6.45) is -0.0582. The van der Waals surface area contributed by atoms with Crippen LogP contribution in [0.2, 0.25) is 0 Å². The minimum absolute atomic E-state index is 0.0582. The van der Waals surface area contributed by atoms with E-state index in [1.54, 1.807) is 0 Å². The number of ether oxygens (including phenoxy) is 1. The summed E-state index contributed by atoms with van der Waals surface area (Å²) in [5, 5.41) is 17.0. The first-order chi connectivity index (χ1) is 9.08. The molecular weight excluding hydrogens is 321 g/mol. The van der Waals surface area contributed by atoms with Crippen LogP contribution >= 0.6 is 15.9 Å². The minimum atomic E-state index is -0.659. The van der Waals surface area contributed by atoms with Gasteiger partial charge in [-0.1, -0.05) is 0 Å². The number of nitrogens with one attached hydrogen (secondary N) is 2. The van der Waals surface area contributed by atoms with Crippen molar-refractivity contribution in [1.29, 1.82) is 0 Å². The Bertz CT molecular complexity index is 480. The van der Waals surface area contributed by atoms with Crippen LogP contribution in [0, 0.1) is 15.9 Å². The molecule has 19 heavy (non-hydrogen) atoms. The van der Waals surface area contributed by atoms with Gasteiger partial charge in [-0.25, -0.2) is 4.39 Å². The zero-order chi connectivity index (χ0) is 13.8. The van der Waals surface area contributed by atoms with E-state index in [9.17, 15) is 14.5 Å². The first-order valence-electron chi connectivity index (χ1n) is 5.77. The van der Waals surface area contributed by atoms with Crippen molar-refractivity contribution in [2.75, 3.05) is 31.6 Å². The Balaban J connectivity index is 2.09. The zero-order valence-electron chi connectivity index (χ0n) is 9.99. The summed E-state index contributed by atoms with van der Waals surface area (Å²) >= 11 is 3.01. The quantitative estimate of drug-likeness (QED) is 0.650. The summed E-state index contributed by atoms with van der Waals surface area (Å²) in [5.74, 6) is -0.659. The lowest BCUT2D eigenvalue weighted by Gasteiger charge is -2.24. The summed E-state index contributed by atoms with van der Waals surface area (Å²) in [5.41, 5.74) is -0.0167. The fourth-order valence-electron chi connectivity index (χ4n) is 1.80. The lowest BCUT2D eigenvalue weighted by Crippen LogP contribution is -2.42. The predicted octanol–water partition coefficient (Wildman–Crippen LogP) is 1.90. The molecule has 2 rings (SSSR count). The van der Waals surface area contributed by atoms with E-state index in [1.165, 1.54) is 6.07 Å². The number of nitro groups is 1. The summed E-state index contributed by atoms with van der Waals surface area (Å²) in [6.45, 7) is 2.52. The number of anilines is 1. The third-order valence-corrected chi connectivity index (χ3v) is 3.37. The van der Waals surface area contributed by atoms with Crippen molar-refractivity contribution >= 4 is 27.3 Å².